The van der Waals surface area contributed by atoms with E-state index in [1.165, 1.54) is 0 Å². The van der Waals surface area contributed by atoms with Gasteiger partial charge in [-0.15, -0.1) is 0 Å². The molecule has 1 aliphatic heterocycles. The molecule has 0 spiro atoms. The Bertz CT molecular complexity index is 500. The molecular weight excluding hydrogens is 262 g/mol. The number of nitrogens with zero attached hydrogens (tertiary/aromatic N) is 3. The van der Waals surface area contributed by atoms with Crippen LogP contribution in [0.2, 0.25) is 0 Å². The maximum absolute atomic E-state index is 11.2. The van der Waals surface area contributed by atoms with Crippen LogP contribution in [0, 0.1) is 11.8 Å². The Morgan fingerprint density at radius 1 is 1.35 bits per heavy atom. The van der Waals surface area contributed by atoms with Crippen LogP contribution in [0.15, 0.2) is 12.4 Å². The maximum atomic E-state index is 11.2. The molecule has 1 saturated heterocycles. The SMILES string of the molecule is Cn1cc(CCN2CCC(C(=O)O)C(C(=O)O)C2)cn1. The van der Waals surface area contributed by atoms with Crippen molar-refractivity contribution in [3.8, 4) is 0 Å². The van der Waals surface area contributed by atoms with E-state index in [4.69, 9.17) is 10.2 Å². The normalized spacial score (nSPS) is 23.6. The lowest BCUT2D eigenvalue weighted by Crippen LogP contribution is -2.46. The van der Waals surface area contributed by atoms with E-state index in [9.17, 15) is 9.59 Å². The average Bonchev–Trinajstić information content (AvgIpc) is 2.81. The number of aliphatic carboxylic acids is 2. The van der Waals surface area contributed by atoms with E-state index in [-0.39, 0.29) is 0 Å². The fourth-order valence-electron chi connectivity index (χ4n) is 2.66. The molecule has 110 valence electrons. The van der Waals surface area contributed by atoms with Crippen LogP contribution in [-0.4, -0.2) is 56.5 Å². The smallest absolute Gasteiger partial charge is 0.308 e. The van der Waals surface area contributed by atoms with E-state index >= 15 is 0 Å². The summed E-state index contributed by atoms with van der Waals surface area (Å²) in [6.07, 6.45) is 4.90. The molecule has 0 aromatic carbocycles. The summed E-state index contributed by atoms with van der Waals surface area (Å²) in [6, 6.07) is 0. The first-order valence-electron chi connectivity index (χ1n) is 6.63. The lowest BCUT2D eigenvalue weighted by molar-refractivity contribution is -0.157. The Morgan fingerprint density at radius 3 is 2.60 bits per heavy atom. The molecule has 1 aromatic rings. The molecule has 2 heterocycles. The molecule has 0 bridgehead atoms. The second kappa shape index (κ2) is 6.04. The summed E-state index contributed by atoms with van der Waals surface area (Å²) in [5.74, 6) is -3.63. The zero-order valence-corrected chi connectivity index (χ0v) is 11.4. The van der Waals surface area contributed by atoms with Gasteiger partial charge >= 0.3 is 11.9 Å². The number of piperidine rings is 1. The average molecular weight is 281 g/mol. The topological polar surface area (TPSA) is 95.7 Å². The summed E-state index contributed by atoms with van der Waals surface area (Å²) >= 11 is 0. The quantitative estimate of drug-likeness (QED) is 0.793. The third kappa shape index (κ3) is 3.36. The highest BCUT2D eigenvalue weighted by molar-refractivity contribution is 5.80. The van der Waals surface area contributed by atoms with Gasteiger partial charge in [0.1, 0.15) is 0 Å². The molecule has 2 unspecified atom stereocenters. The Morgan fingerprint density at radius 2 is 2.05 bits per heavy atom. The van der Waals surface area contributed by atoms with Crippen LogP contribution in [0.3, 0.4) is 0 Å². The van der Waals surface area contributed by atoms with E-state index in [1.54, 1.807) is 10.9 Å². The van der Waals surface area contributed by atoms with Gasteiger partial charge in [-0.2, -0.15) is 5.10 Å². The van der Waals surface area contributed by atoms with Gasteiger partial charge in [-0.1, -0.05) is 0 Å². The standard InChI is InChI=1S/C13H19N3O4/c1-15-7-9(6-14-15)2-4-16-5-3-10(12(17)18)11(8-16)13(19)20/h6-7,10-11H,2-5,8H2,1H3,(H,17,18)(H,19,20). The number of aromatic nitrogens is 2. The molecule has 0 radical (unpaired) electrons. The second-order valence-corrected chi connectivity index (χ2v) is 5.25. The molecule has 20 heavy (non-hydrogen) atoms. The molecule has 2 atom stereocenters. The van der Waals surface area contributed by atoms with E-state index < -0.39 is 23.8 Å². The monoisotopic (exact) mass is 281 g/mol. The lowest BCUT2D eigenvalue weighted by atomic mass is 9.85. The van der Waals surface area contributed by atoms with E-state index in [1.807, 2.05) is 18.1 Å². The molecule has 2 N–H and O–H groups in total. The first-order valence-corrected chi connectivity index (χ1v) is 6.63. The molecule has 0 amide bonds. The van der Waals surface area contributed by atoms with Crippen LogP contribution >= 0.6 is 0 Å². The van der Waals surface area contributed by atoms with Gasteiger partial charge in [0.2, 0.25) is 0 Å². The third-order valence-corrected chi connectivity index (χ3v) is 3.81. The van der Waals surface area contributed by atoms with Crippen LogP contribution < -0.4 is 0 Å². The first-order chi connectivity index (χ1) is 9.47. The fraction of sp³-hybridized carbons (Fsp3) is 0.615. The van der Waals surface area contributed by atoms with Gasteiger partial charge in [0.15, 0.2) is 0 Å². The summed E-state index contributed by atoms with van der Waals surface area (Å²) in [7, 11) is 1.85. The van der Waals surface area contributed by atoms with Crippen molar-refractivity contribution in [3.05, 3.63) is 18.0 Å². The Kier molecular flexibility index (Phi) is 4.39. The van der Waals surface area contributed by atoms with Crippen molar-refractivity contribution in [1.29, 1.82) is 0 Å². The summed E-state index contributed by atoms with van der Waals surface area (Å²) in [6.45, 7) is 1.65. The van der Waals surface area contributed by atoms with E-state index in [0.717, 1.165) is 18.5 Å². The number of hydrogen-bond donors (Lipinski definition) is 2. The molecule has 0 saturated carbocycles. The summed E-state index contributed by atoms with van der Waals surface area (Å²) in [4.78, 5) is 24.3. The van der Waals surface area contributed by atoms with Crippen molar-refractivity contribution >= 4 is 11.9 Å². The highest BCUT2D eigenvalue weighted by Gasteiger charge is 2.38. The Balaban J connectivity index is 1.91. The second-order valence-electron chi connectivity index (χ2n) is 5.25. The van der Waals surface area contributed by atoms with Gasteiger partial charge in [0.25, 0.3) is 0 Å². The van der Waals surface area contributed by atoms with Crippen LogP contribution in [0.1, 0.15) is 12.0 Å². The van der Waals surface area contributed by atoms with Gasteiger partial charge in [-0.05, 0) is 24.9 Å². The number of aryl methyl sites for hydroxylation is 1. The largest absolute Gasteiger partial charge is 0.481 e. The van der Waals surface area contributed by atoms with E-state index in [0.29, 0.717) is 19.5 Å². The fourth-order valence-corrected chi connectivity index (χ4v) is 2.66. The molecule has 1 aliphatic rings. The van der Waals surface area contributed by atoms with Crippen molar-refractivity contribution in [3.63, 3.8) is 0 Å². The number of carboxylic acid groups (broad SMARTS) is 2. The molecule has 2 rings (SSSR count). The number of carboxylic acids is 2. The van der Waals surface area contributed by atoms with Crippen molar-refractivity contribution in [2.45, 2.75) is 12.8 Å². The summed E-state index contributed by atoms with van der Waals surface area (Å²) < 4.78 is 1.73. The molecule has 7 nitrogen and oxygen atoms in total. The lowest BCUT2D eigenvalue weighted by Gasteiger charge is -2.34. The van der Waals surface area contributed by atoms with Gasteiger partial charge in [0.05, 0.1) is 18.0 Å². The molecule has 0 aliphatic carbocycles. The number of carbonyl (C=O) groups is 2. The Hall–Kier alpha value is -1.89. The molecular formula is C13H19N3O4. The van der Waals surface area contributed by atoms with Gasteiger partial charge in [-0.25, -0.2) is 0 Å². The molecule has 1 aromatic heterocycles. The first kappa shape index (κ1) is 14.5. The zero-order chi connectivity index (χ0) is 14.7. The van der Waals surface area contributed by atoms with E-state index in [2.05, 4.69) is 5.10 Å². The minimum absolute atomic E-state index is 0.298. The Labute approximate surface area is 116 Å². The third-order valence-electron chi connectivity index (χ3n) is 3.81. The van der Waals surface area contributed by atoms with Crippen LogP contribution in [0.5, 0.6) is 0 Å². The highest BCUT2D eigenvalue weighted by atomic mass is 16.4. The predicted molar refractivity (Wildman–Crippen MR) is 70.2 cm³/mol. The van der Waals surface area contributed by atoms with Crippen molar-refractivity contribution in [1.82, 2.24) is 14.7 Å². The van der Waals surface area contributed by atoms with Crippen molar-refractivity contribution < 1.29 is 19.8 Å². The molecule has 1 fully saturated rings. The van der Waals surface area contributed by atoms with Crippen LogP contribution in [0.4, 0.5) is 0 Å². The number of rotatable bonds is 5. The molecule has 7 heteroatoms. The van der Waals surface area contributed by atoms with Gasteiger partial charge < -0.3 is 15.1 Å². The minimum atomic E-state index is -1.02. The summed E-state index contributed by atoms with van der Waals surface area (Å²) in [5, 5.41) is 22.3. The highest BCUT2D eigenvalue weighted by Crippen LogP contribution is 2.24. The zero-order valence-electron chi connectivity index (χ0n) is 11.4. The van der Waals surface area contributed by atoms with Gasteiger partial charge in [0, 0.05) is 26.3 Å². The summed E-state index contributed by atoms with van der Waals surface area (Å²) in [5.41, 5.74) is 1.10. The van der Waals surface area contributed by atoms with Crippen molar-refractivity contribution in [2.75, 3.05) is 19.6 Å². The maximum Gasteiger partial charge on any atom is 0.308 e. The minimum Gasteiger partial charge on any atom is -0.481 e. The predicted octanol–water partition coefficient (Wildman–Crippen LogP) is 0.0699. The van der Waals surface area contributed by atoms with Crippen LogP contribution in [-0.2, 0) is 23.1 Å². The number of hydrogen-bond acceptors (Lipinski definition) is 4. The van der Waals surface area contributed by atoms with Crippen LogP contribution in [0.25, 0.3) is 0 Å². The van der Waals surface area contributed by atoms with Gasteiger partial charge in [-0.3, -0.25) is 14.3 Å². The van der Waals surface area contributed by atoms with Crippen molar-refractivity contribution in [2.24, 2.45) is 18.9 Å². The number of likely N-dealkylation sites (tertiary alicyclic amines) is 1.